The number of nitrogens with zero attached hydrogens (tertiary/aromatic N) is 1. The van der Waals surface area contributed by atoms with E-state index in [-0.39, 0.29) is 11.3 Å². The lowest BCUT2D eigenvalue weighted by atomic mass is 10.2. The molecule has 0 saturated heterocycles. The van der Waals surface area contributed by atoms with Crippen LogP contribution in [0.1, 0.15) is 25.3 Å². The first kappa shape index (κ1) is 12.2. The van der Waals surface area contributed by atoms with Crippen LogP contribution in [0.25, 0.3) is 0 Å². The fraction of sp³-hybridized carbons (Fsp3) is 0.455. The van der Waals surface area contributed by atoms with Crippen LogP contribution < -0.4 is 5.56 Å². The summed E-state index contributed by atoms with van der Waals surface area (Å²) in [4.78, 5) is 22.4. The molecule has 4 heteroatoms. The number of hydrogen-bond acceptors (Lipinski definition) is 2. The third-order valence-electron chi connectivity index (χ3n) is 2.16. The van der Waals surface area contributed by atoms with Crippen LogP contribution in [0.4, 0.5) is 0 Å². The minimum Gasteiger partial charge on any atom is -0.314 e. The normalized spacial score (nSPS) is 10.3. The van der Waals surface area contributed by atoms with Crippen molar-refractivity contribution in [3.8, 4) is 0 Å². The first-order chi connectivity index (χ1) is 7.00. The number of pyridine rings is 1. The monoisotopic (exact) mass is 271 g/mol. The fourth-order valence-corrected chi connectivity index (χ4v) is 1.99. The molecule has 1 aromatic heterocycles. The van der Waals surface area contributed by atoms with Crippen molar-refractivity contribution in [2.24, 2.45) is 0 Å². The van der Waals surface area contributed by atoms with Crippen LogP contribution in [0.15, 0.2) is 21.5 Å². The molecule has 0 saturated carbocycles. The third-order valence-corrected chi connectivity index (χ3v) is 2.59. The number of halogens is 1. The largest absolute Gasteiger partial charge is 0.314 e. The highest BCUT2D eigenvalue weighted by Gasteiger charge is 2.02. The van der Waals surface area contributed by atoms with Gasteiger partial charge in [-0.1, -0.05) is 0 Å². The van der Waals surface area contributed by atoms with E-state index < -0.39 is 0 Å². The van der Waals surface area contributed by atoms with Crippen molar-refractivity contribution in [1.29, 1.82) is 0 Å². The molecular weight excluding hydrogens is 258 g/mol. The molecule has 0 N–H and O–H groups in total. The fourth-order valence-electron chi connectivity index (χ4n) is 1.40. The molecule has 15 heavy (non-hydrogen) atoms. The number of aryl methyl sites for hydroxylation is 2. The molecule has 1 aromatic rings. The van der Waals surface area contributed by atoms with Crippen molar-refractivity contribution in [2.75, 3.05) is 0 Å². The predicted octanol–water partition coefficient (Wildman–Crippen LogP) is 2.29. The molecule has 0 amide bonds. The Morgan fingerprint density at radius 2 is 2.20 bits per heavy atom. The third kappa shape index (κ3) is 3.63. The molecule has 0 aliphatic carbocycles. The molecule has 0 radical (unpaired) electrons. The molecule has 0 aliphatic heterocycles. The summed E-state index contributed by atoms with van der Waals surface area (Å²) in [6.45, 7) is 3.95. The number of carbonyl (C=O) groups is 1. The van der Waals surface area contributed by atoms with Crippen LogP contribution in [0.3, 0.4) is 0 Å². The van der Waals surface area contributed by atoms with Gasteiger partial charge in [-0.3, -0.25) is 4.79 Å². The molecule has 0 fully saturated rings. The minimum atomic E-state index is 0.0155. The predicted molar refractivity (Wildman–Crippen MR) is 63.1 cm³/mol. The molecule has 0 atom stereocenters. The summed E-state index contributed by atoms with van der Waals surface area (Å²) < 4.78 is 2.53. The molecule has 0 unspecified atom stereocenters. The highest BCUT2D eigenvalue weighted by molar-refractivity contribution is 9.10. The van der Waals surface area contributed by atoms with Crippen molar-refractivity contribution in [2.45, 2.75) is 33.2 Å². The van der Waals surface area contributed by atoms with Crippen LogP contribution >= 0.6 is 15.9 Å². The smallest absolute Gasteiger partial charge is 0.253 e. The van der Waals surface area contributed by atoms with E-state index in [9.17, 15) is 9.59 Å². The number of Topliss-reactive ketones (excluding diaryl/α,β-unsaturated/α-hetero) is 1. The number of ketones is 1. The van der Waals surface area contributed by atoms with Gasteiger partial charge in [0, 0.05) is 29.2 Å². The summed E-state index contributed by atoms with van der Waals surface area (Å²) in [6, 6.07) is 1.80. The van der Waals surface area contributed by atoms with E-state index in [4.69, 9.17) is 0 Å². The van der Waals surface area contributed by atoms with Gasteiger partial charge in [-0.2, -0.15) is 0 Å². The maximum atomic E-state index is 11.7. The van der Waals surface area contributed by atoms with Gasteiger partial charge in [-0.15, -0.1) is 0 Å². The minimum absolute atomic E-state index is 0.0155. The Kier molecular flexibility index (Phi) is 4.27. The molecule has 0 aliphatic rings. The number of hydrogen-bond donors (Lipinski definition) is 0. The van der Waals surface area contributed by atoms with Crippen LogP contribution in [0.2, 0.25) is 0 Å². The van der Waals surface area contributed by atoms with Crippen molar-refractivity contribution in [1.82, 2.24) is 4.57 Å². The van der Waals surface area contributed by atoms with E-state index in [0.717, 1.165) is 4.47 Å². The maximum absolute atomic E-state index is 11.7. The Bertz CT molecular complexity index is 423. The second-order valence-electron chi connectivity index (χ2n) is 3.65. The van der Waals surface area contributed by atoms with Gasteiger partial charge in [-0.05, 0) is 42.3 Å². The lowest BCUT2D eigenvalue weighted by Gasteiger charge is -2.06. The Morgan fingerprint density at radius 1 is 1.53 bits per heavy atom. The first-order valence-corrected chi connectivity index (χ1v) is 5.66. The summed E-state index contributed by atoms with van der Waals surface area (Å²) in [5, 5.41) is 0. The quantitative estimate of drug-likeness (QED) is 0.843. The number of rotatable bonds is 4. The highest BCUT2D eigenvalue weighted by Crippen LogP contribution is 2.08. The second kappa shape index (κ2) is 5.26. The van der Waals surface area contributed by atoms with E-state index in [0.29, 0.717) is 24.9 Å². The van der Waals surface area contributed by atoms with Crippen LogP contribution in [0.5, 0.6) is 0 Å². The van der Waals surface area contributed by atoms with Gasteiger partial charge in [0.1, 0.15) is 5.78 Å². The van der Waals surface area contributed by atoms with Gasteiger partial charge in [0.05, 0.1) is 0 Å². The zero-order valence-electron chi connectivity index (χ0n) is 8.92. The van der Waals surface area contributed by atoms with Crippen molar-refractivity contribution in [3.63, 3.8) is 0 Å². The average molecular weight is 272 g/mol. The first-order valence-electron chi connectivity index (χ1n) is 4.86. The summed E-state index contributed by atoms with van der Waals surface area (Å²) in [6.07, 6.45) is 3.00. The highest BCUT2D eigenvalue weighted by atomic mass is 79.9. The van der Waals surface area contributed by atoms with Crippen molar-refractivity contribution < 1.29 is 4.79 Å². The summed E-state index contributed by atoms with van der Waals surface area (Å²) in [7, 11) is 0. The molecule has 0 bridgehead atoms. The van der Waals surface area contributed by atoms with E-state index in [1.807, 2.05) is 0 Å². The molecule has 1 rings (SSSR count). The number of aromatic nitrogens is 1. The molecule has 1 heterocycles. The summed E-state index contributed by atoms with van der Waals surface area (Å²) >= 11 is 3.34. The molecular formula is C11H14BrNO2. The molecule has 82 valence electrons. The van der Waals surface area contributed by atoms with Crippen LogP contribution in [-0.4, -0.2) is 10.4 Å². The summed E-state index contributed by atoms with van der Waals surface area (Å²) in [5.74, 6) is 0.162. The van der Waals surface area contributed by atoms with E-state index in [1.54, 1.807) is 30.7 Å². The molecule has 0 aromatic carbocycles. The van der Waals surface area contributed by atoms with Crippen molar-refractivity contribution in [3.05, 3.63) is 32.7 Å². The zero-order chi connectivity index (χ0) is 11.4. The van der Waals surface area contributed by atoms with Gasteiger partial charge in [0.25, 0.3) is 5.56 Å². The Hall–Kier alpha value is -0.900. The topological polar surface area (TPSA) is 39.1 Å². The van der Waals surface area contributed by atoms with Gasteiger partial charge >= 0.3 is 0 Å². The molecule has 0 spiro atoms. The zero-order valence-corrected chi connectivity index (χ0v) is 10.5. The number of carbonyl (C=O) groups excluding carboxylic acids is 1. The Balaban J connectivity index is 2.77. The van der Waals surface area contributed by atoms with Gasteiger partial charge in [-0.25, -0.2) is 0 Å². The lowest BCUT2D eigenvalue weighted by Crippen LogP contribution is -2.21. The maximum Gasteiger partial charge on any atom is 0.253 e. The van der Waals surface area contributed by atoms with Crippen molar-refractivity contribution >= 4 is 21.7 Å². The van der Waals surface area contributed by atoms with E-state index >= 15 is 0 Å². The Labute approximate surface area is 97.2 Å². The van der Waals surface area contributed by atoms with E-state index in [2.05, 4.69) is 15.9 Å². The van der Waals surface area contributed by atoms with Crippen LogP contribution in [0, 0.1) is 6.92 Å². The summed E-state index contributed by atoms with van der Waals surface area (Å²) in [5.41, 5.74) is 0.731. The molecule has 3 nitrogen and oxygen atoms in total. The second-order valence-corrected chi connectivity index (χ2v) is 4.56. The lowest BCUT2D eigenvalue weighted by molar-refractivity contribution is -0.117. The van der Waals surface area contributed by atoms with Gasteiger partial charge < -0.3 is 9.36 Å². The van der Waals surface area contributed by atoms with Gasteiger partial charge in [0.15, 0.2) is 0 Å². The SMILES string of the molecule is CC(=O)CCCn1cc(Br)cc(C)c1=O. The van der Waals surface area contributed by atoms with Crippen LogP contribution in [-0.2, 0) is 11.3 Å². The van der Waals surface area contributed by atoms with Gasteiger partial charge in [0.2, 0.25) is 0 Å². The Morgan fingerprint density at radius 3 is 2.80 bits per heavy atom. The standard InChI is InChI=1S/C11H14BrNO2/c1-8-6-10(12)7-13(11(8)15)5-3-4-9(2)14/h6-7H,3-5H2,1-2H3. The average Bonchev–Trinajstić information content (AvgIpc) is 2.12. The van der Waals surface area contributed by atoms with E-state index in [1.165, 1.54) is 0 Å².